The van der Waals surface area contributed by atoms with Gasteiger partial charge in [0.1, 0.15) is 0 Å². The summed E-state index contributed by atoms with van der Waals surface area (Å²) in [6.07, 6.45) is 5.06. The molecule has 2 aliphatic rings. The van der Waals surface area contributed by atoms with E-state index in [2.05, 4.69) is 5.32 Å². The largest absolute Gasteiger partial charge is 0.341 e. The van der Waals surface area contributed by atoms with E-state index in [1.165, 1.54) is 0 Å². The zero-order valence-corrected chi connectivity index (χ0v) is 17.5. The number of hydrogen-bond donors (Lipinski definition) is 1. The van der Waals surface area contributed by atoms with Crippen LogP contribution in [0.2, 0.25) is 0 Å². The van der Waals surface area contributed by atoms with Crippen molar-refractivity contribution >= 4 is 28.3 Å². The first kappa shape index (κ1) is 22.1. The first-order valence-corrected chi connectivity index (χ1v) is 11.0. The van der Waals surface area contributed by atoms with Crippen LogP contribution >= 0.6 is 12.4 Å². The van der Waals surface area contributed by atoms with Gasteiger partial charge in [-0.3, -0.25) is 4.79 Å². The molecular formula is C19H30ClN3O3S. The van der Waals surface area contributed by atoms with Gasteiger partial charge < -0.3 is 10.2 Å². The number of nitrogens with zero attached hydrogens (tertiary/aromatic N) is 2. The zero-order valence-electron chi connectivity index (χ0n) is 15.9. The zero-order chi connectivity index (χ0) is 18.6. The minimum absolute atomic E-state index is 0. The van der Waals surface area contributed by atoms with Gasteiger partial charge in [-0.15, -0.1) is 12.4 Å². The number of rotatable bonds is 6. The van der Waals surface area contributed by atoms with Crippen LogP contribution in [0.1, 0.15) is 37.7 Å². The molecule has 0 aromatic heterocycles. The van der Waals surface area contributed by atoms with Crippen molar-refractivity contribution in [3.63, 3.8) is 0 Å². The highest BCUT2D eigenvalue weighted by Crippen LogP contribution is 2.21. The summed E-state index contributed by atoms with van der Waals surface area (Å²) in [6, 6.07) is 7.31. The number of nitrogens with one attached hydrogen (secondary N) is 1. The molecule has 6 nitrogen and oxygen atoms in total. The highest BCUT2D eigenvalue weighted by molar-refractivity contribution is 7.89. The lowest BCUT2D eigenvalue weighted by Gasteiger charge is -2.26. The molecule has 2 aliphatic heterocycles. The smallest absolute Gasteiger partial charge is 0.243 e. The molecular weight excluding hydrogens is 386 g/mol. The summed E-state index contributed by atoms with van der Waals surface area (Å²) >= 11 is 0. The lowest BCUT2D eigenvalue weighted by molar-refractivity contribution is -0.131. The Labute approximate surface area is 168 Å². The van der Waals surface area contributed by atoms with Crippen LogP contribution in [0.3, 0.4) is 0 Å². The van der Waals surface area contributed by atoms with Crippen LogP contribution in [0, 0.1) is 0 Å². The first-order valence-electron chi connectivity index (χ1n) is 9.54. The minimum Gasteiger partial charge on any atom is -0.341 e. The van der Waals surface area contributed by atoms with E-state index in [1.807, 2.05) is 24.1 Å². The number of piperidine rings is 1. The molecule has 0 spiro atoms. The summed E-state index contributed by atoms with van der Waals surface area (Å²) in [5, 5.41) is 3.27. The minimum atomic E-state index is -3.38. The average Bonchev–Trinajstić information content (AvgIpc) is 3.21. The molecule has 1 aromatic carbocycles. The fourth-order valence-electron chi connectivity index (χ4n) is 3.68. The standard InChI is InChI=1S/C19H29N3O3S.ClH/c1-21(17-11-12-20-15-17)19(23)10-7-16-5-8-18(9-6-16)26(24,25)22-13-3-2-4-14-22;/h5-6,8-9,17,20H,2-4,7,10-15H2,1H3;1H. The molecule has 8 heteroatoms. The van der Waals surface area contributed by atoms with Crippen molar-refractivity contribution in [3.05, 3.63) is 29.8 Å². The summed E-state index contributed by atoms with van der Waals surface area (Å²) in [6.45, 7) is 3.06. The van der Waals surface area contributed by atoms with Crippen molar-refractivity contribution in [2.75, 3.05) is 33.2 Å². The predicted molar refractivity (Wildman–Crippen MR) is 109 cm³/mol. The number of carbonyl (C=O) groups excluding carboxylic acids is 1. The number of benzene rings is 1. The van der Waals surface area contributed by atoms with Crippen molar-refractivity contribution in [1.29, 1.82) is 0 Å². The van der Waals surface area contributed by atoms with E-state index >= 15 is 0 Å². The van der Waals surface area contributed by atoms with Gasteiger partial charge in [-0.25, -0.2) is 8.42 Å². The van der Waals surface area contributed by atoms with Crippen LogP contribution in [-0.2, 0) is 21.2 Å². The number of sulfonamides is 1. The summed E-state index contributed by atoms with van der Waals surface area (Å²) < 4.78 is 26.9. The molecule has 3 rings (SSSR count). The predicted octanol–water partition coefficient (Wildman–Crippen LogP) is 2.04. The second-order valence-corrected chi connectivity index (χ2v) is 9.20. The van der Waals surface area contributed by atoms with Gasteiger partial charge in [0, 0.05) is 39.1 Å². The molecule has 1 unspecified atom stereocenters. The molecule has 1 aromatic rings. The van der Waals surface area contributed by atoms with Crippen molar-refractivity contribution in [2.24, 2.45) is 0 Å². The van der Waals surface area contributed by atoms with Gasteiger partial charge in [0.15, 0.2) is 0 Å². The number of hydrogen-bond acceptors (Lipinski definition) is 4. The van der Waals surface area contributed by atoms with Gasteiger partial charge in [0.25, 0.3) is 0 Å². The molecule has 0 radical (unpaired) electrons. The summed E-state index contributed by atoms with van der Waals surface area (Å²) in [5.74, 6) is 0.142. The Bertz CT molecular complexity index is 712. The molecule has 1 N–H and O–H groups in total. The topological polar surface area (TPSA) is 69.7 Å². The quantitative estimate of drug-likeness (QED) is 0.771. The Morgan fingerprint density at radius 3 is 2.44 bits per heavy atom. The second-order valence-electron chi connectivity index (χ2n) is 7.26. The van der Waals surface area contributed by atoms with E-state index in [0.717, 1.165) is 44.3 Å². The Balaban J connectivity index is 0.00000261. The lowest BCUT2D eigenvalue weighted by atomic mass is 10.1. The van der Waals surface area contributed by atoms with E-state index in [-0.39, 0.29) is 18.3 Å². The third kappa shape index (κ3) is 5.44. The van der Waals surface area contributed by atoms with Crippen molar-refractivity contribution in [1.82, 2.24) is 14.5 Å². The van der Waals surface area contributed by atoms with Gasteiger partial charge in [-0.2, -0.15) is 4.31 Å². The SMILES string of the molecule is CN(C(=O)CCc1ccc(S(=O)(=O)N2CCCCC2)cc1)C1CCNC1.Cl. The molecule has 1 atom stereocenters. The molecule has 27 heavy (non-hydrogen) atoms. The Morgan fingerprint density at radius 1 is 1.19 bits per heavy atom. The van der Waals surface area contributed by atoms with E-state index in [4.69, 9.17) is 0 Å². The van der Waals surface area contributed by atoms with Crippen LogP contribution in [-0.4, -0.2) is 62.8 Å². The number of amides is 1. The van der Waals surface area contributed by atoms with Gasteiger partial charge in [0.05, 0.1) is 4.90 Å². The monoisotopic (exact) mass is 415 g/mol. The number of carbonyl (C=O) groups is 1. The Hall–Kier alpha value is -1.15. The molecule has 1 amide bonds. The Kier molecular flexibility index (Phi) is 8.09. The van der Waals surface area contributed by atoms with E-state index < -0.39 is 10.0 Å². The summed E-state index contributed by atoms with van der Waals surface area (Å²) in [5.41, 5.74) is 0.994. The van der Waals surface area contributed by atoms with E-state index in [1.54, 1.807) is 16.4 Å². The van der Waals surface area contributed by atoms with Gasteiger partial charge in [0.2, 0.25) is 15.9 Å². The highest BCUT2D eigenvalue weighted by atomic mass is 35.5. The van der Waals surface area contributed by atoms with Crippen LogP contribution in [0.4, 0.5) is 0 Å². The normalized spacial score (nSPS) is 20.9. The molecule has 2 fully saturated rings. The lowest BCUT2D eigenvalue weighted by Crippen LogP contribution is -2.38. The fourth-order valence-corrected chi connectivity index (χ4v) is 5.20. The van der Waals surface area contributed by atoms with Gasteiger partial charge in [-0.1, -0.05) is 18.6 Å². The maximum Gasteiger partial charge on any atom is 0.243 e. The second kappa shape index (κ2) is 9.87. The number of halogens is 1. The first-order chi connectivity index (χ1) is 12.5. The van der Waals surface area contributed by atoms with Crippen LogP contribution < -0.4 is 5.32 Å². The molecule has 0 aliphatic carbocycles. The van der Waals surface area contributed by atoms with Gasteiger partial charge >= 0.3 is 0 Å². The third-order valence-corrected chi connectivity index (χ3v) is 7.39. The molecule has 0 saturated carbocycles. The van der Waals surface area contributed by atoms with Crippen LogP contribution in [0.5, 0.6) is 0 Å². The van der Waals surface area contributed by atoms with Crippen molar-refractivity contribution in [2.45, 2.75) is 49.5 Å². The van der Waals surface area contributed by atoms with Crippen LogP contribution in [0.15, 0.2) is 29.2 Å². The maximum atomic E-state index is 12.7. The molecule has 2 heterocycles. The number of aryl methyl sites for hydroxylation is 1. The molecule has 152 valence electrons. The maximum absolute atomic E-state index is 12.7. The highest BCUT2D eigenvalue weighted by Gasteiger charge is 2.26. The van der Waals surface area contributed by atoms with Gasteiger partial charge in [-0.05, 0) is 49.9 Å². The van der Waals surface area contributed by atoms with Crippen molar-refractivity contribution in [3.8, 4) is 0 Å². The summed E-state index contributed by atoms with van der Waals surface area (Å²) in [4.78, 5) is 14.5. The van der Waals surface area contributed by atoms with Crippen molar-refractivity contribution < 1.29 is 13.2 Å². The van der Waals surface area contributed by atoms with Crippen LogP contribution in [0.25, 0.3) is 0 Å². The molecule has 0 bridgehead atoms. The summed E-state index contributed by atoms with van der Waals surface area (Å²) in [7, 11) is -1.51. The fraction of sp³-hybridized carbons (Fsp3) is 0.632. The van der Waals surface area contributed by atoms with E-state index in [9.17, 15) is 13.2 Å². The Morgan fingerprint density at radius 2 is 1.85 bits per heavy atom. The van der Waals surface area contributed by atoms with E-state index in [0.29, 0.717) is 36.9 Å². The average molecular weight is 416 g/mol. The molecule has 2 saturated heterocycles. The third-order valence-electron chi connectivity index (χ3n) is 5.48. The number of likely N-dealkylation sites (N-methyl/N-ethyl adjacent to an activating group) is 1.